The fraction of sp³-hybridized carbons (Fsp3) is 0.350. The first-order valence-corrected chi connectivity index (χ1v) is 8.61. The summed E-state index contributed by atoms with van der Waals surface area (Å²) in [5.41, 5.74) is 5.50. The van der Waals surface area contributed by atoms with Crippen molar-refractivity contribution in [3.05, 3.63) is 63.7 Å². The Morgan fingerprint density at radius 1 is 1.12 bits per heavy atom. The number of nitrogens with one attached hydrogen (secondary N) is 2. The molecule has 128 valence electrons. The van der Waals surface area contributed by atoms with Crippen molar-refractivity contribution in [2.45, 2.75) is 40.3 Å². The van der Waals surface area contributed by atoms with Crippen LogP contribution >= 0.6 is 11.6 Å². The lowest BCUT2D eigenvalue weighted by atomic mass is 10.0. The van der Waals surface area contributed by atoms with E-state index in [1.165, 1.54) is 11.1 Å². The number of quaternary nitrogens is 1. The zero-order valence-corrected chi connectivity index (χ0v) is 15.8. The highest BCUT2D eigenvalue weighted by Crippen LogP contribution is 2.21. The molecule has 0 spiro atoms. The lowest BCUT2D eigenvalue weighted by Crippen LogP contribution is -3.12. The van der Waals surface area contributed by atoms with Gasteiger partial charge in [0.1, 0.15) is 6.54 Å². The molecule has 0 saturated carbocycles. The van der Waals surface area contributed by atoms with E-state index >= 15 is 0 Å². The van der Waals surface area contributed by atoms with Crippen LogP contribution < -0.4 is 10.2 Å². The molecule has 0 saturated heterocycles. The first-order chi connectivity index (χ1) is 11.3. The molecule has 0 radical (unpaired) electrons. The summed E-state index contributed by atoms with van der Waals surface area (Å²) < 4.78 is 0. The van der Waals surface area contributed by atoms with Gasteiger partial charge in [-0.2, -0.15) is 0 Å². The second kappa shape index (κ2) is 7.82. The van der Waals surface area contributed by atoms with Crippen molar-refractivity contribution < 1.29 is 9.69 Å². The SMILES string of the molecule is Cc1cc(C)c(NC(=O)[C@@H](C)[NH+](C)Cc2ccc(Cl)cc2)c(C)c1. The molecule has 0 aliphatic heterocycles. The predicted molar refractivity (Wildman–Crippen MR) is 101 cm³/mol. The van der Waals surface area contributed by atoms with Crippen molar-refractivity contribution in [2.75, 3.05) is 12.4 Å². The number of amides is 1. The Bertz CT molecular complexity index is 702. The maximum atomic E-state index is 12.6. The normalized spacial score (nSPS) is 13.4. The standard InChI is InChI=1S/C20H25ClN2O/c1-13-10-14(2)19(15(3)11-13)22-20(24)16(4)23(5)12-17-6-8-18(21)9-7-17/h6-11,16H,12H2,1-5H3,(H,22,24)/p+1/t16-/m1/s1. The van der Waals surface area contributed by atoms with Gasteiger partial charge in [-0.05, 0) is 51.0 Å². The molecule has 2 N–H and O–H groups in total. The number of carbonyl (C=O) groups is 1. The zero-order valence-electron chi connectivity index (χ0n) is 15.0. The van der Waals surface area contributed by atoms with Gasteiger partial charge in [0.2, 0.25) is 0 Å². The molecule has 1 unspecified atom stereocenters. The van der Waals surface area contributed by atoms with Crippen molar-refractivity contribution in [3.63, 3.8) is 0 Å². The molecule has 0 aliphatic carbocycles. The molecule has 0 aliphatic rings. The molecule has 0 heterocycles. The molecular formula is C20H26ClN2O+. The number of anilines is 1. The third kappa shape index (κ3) is 4.59. The van der Waals surface area contributed by atoms with E-state index in [9.17, 15) is 4.79 Å². The van der Waals surface area contributed by atoms with E-state index < -0.39 is 0 Å². The Labute approximate surface area is 149 Å². The summed E-state index contributed by atoms with van der Waals surface area (Å²) in [6.45, 7) is 8.87. The van der Waals surface area contributed by atoms with Crippen LogP contribution in [-0.2, 0) is 11.3 Å². The summed E-state index contributed by atoms with van der Waals surface area (Å²) in [6.07, 6.45) is 0. The maximum absolute atomic E-state index is 12.6. The Hall–Kier alpha value is -1.84. The molecule has 3 nitrogen and oxygen atoms in total. The number of aryl methyl sites for hydroxylation is 3. The van der Waals surface area contributed by atoms with Crippen LogP contribution in [0, 0.1) is 20.8 Å². The Kier molecular flexibility index (Phi) is 6.03. The quantitative estimate of drug-likeness (QED) is 0.856. The van der Waals surface area contributed by atoms with Gasteiger partial charge in [-0.1, -0.05) is 41.4 Å². The summed E-state index contributed by atoms with van der Waals surface area (Å²) in [6, 6.07) is 11.8. The zero-order chi connectivity index (χ0) is 17.9. The number of hydrogen-bond acceptors (Lipinski definition) is 1. The summed E-state index contributed by atoms with van der Waals surface area (Å²) >= 11 is 5.92. The van der Waals surface area contributed by atoms with Gasteiger partial charge in [0.05, 0.1) is 7.05 Å². The van der Waals surface area contributed by atoms with Crippen LogP contribution in [-0.4, -0.2) is 19.0 Å². The molecule has 0 fully saturated rings. The highest BCUT2D eigenvalue weighted by Gasteiger charge is 2.23. The number of benzene rings is 2. The van der Waals surface area contributed by atoms with Crippen LogP contribution in [0.5, 0.6) is 0 Å². The molecule has 2 aromatic carbocycles. The molecule has 0 bridgehead atoms. The first-order valence-electron chi connectivity index (χ1n) is 8.23. The molecular weight excluding hydrogens is 320 g/mol. The van der Waals surface area contributed by atoms with E-state index in [0.717, 1.165) is 33.3 Å². The minimum Gasteiger partial charge on any atom is -0.324 e. The van der Waals surface area contributed by atoms with Crippen LogP contribution in [0.3, 0.4) is 0 Å². The minimum absolute atomic E-state index is 0.0384. The van der Waals surface area contributed by atoms with Crippen molar-refractivity contribution in [2.24, 2.45) is 0 Å². The van der Waals surface area contributed by atoms with E-state index in [0.29, 0.717) is 0 Å². The lowest BCUT2D eigenvalue weighted by Gasteiger charge is -2.22. The van der Waals surface area contributed by atoms with Crippen LogP contribution in [0.4, 0.5) is 5.69 Å². The molecule has 2 atom stereocenters. The third-order valence-electron chi connectivity index (χ3n) is 4.45. The van der Waals surface area contributed by atoms with Gasteiger partial charge in [0.15, 0.2) is 6.04 Å². The van der Waals surface area contributed by atoms with Crippen LogP contribution in [0.15, 0.2) is 36.4 Å². The first kappa shape index (κ1) is 18.5. The Morgan fingerprint density at radius 3 is 2.21 bits per heavy atom. The molecule has 2 rings (SSSR count). The second-order valence-electron chi connectivity index (χ2n) is 6.63. The van der Waals surface area contributed by atoms with Gasteiger partial charge in [-0.15, -0.1) is 0 Å². The average Bonchev–Trinajstić information content (AvgIpc) is 2.52. The van der Waals surface area contributed by atoms with Crippen molar-refractivity contribution in [1.82, 2.24) is 0 Å². The van der Waals surface area contributed by atoms with E-state index in [1.807, 2.05) is 52.1 Å². The summed E-state index contributed by atoms with van der Waals surface area (Å²) in [4.78, 5) is 13.8. The van der Waals surface area contributed by atoms with Gasteiger partial charge in [0.25, 0.3) is 5.91 Å². The van der Waals surface area contributed by atoms with Gasteiger partial charge in [0, 0.05) is 16.3 Å². The number of halogens is 1. The number of carbonyl (C=O) groups excluding carboxylic acids is 1. The predicted octanol–water partition coefficient (Wildman–Crippen LogP) is 3.31. The second-order valence-corrected chi connectivity index (χ2v) is 7.07. The number of rotatable bonds is 5. The van der Waals surface area contributed by atoms with Crippen LogP contribution in [0.1, 0.15) is 29.2 Å². The van der Waals surface area contributed by atoms with E-state index in [-0.39, 0.29) is 11.9 Å². The molecule has 0 aromatic heterocycles. The van der Waals surface area contributed by atoms with E-state index in [2.05, 4.69) is 24.4 Å². The van der Waals surface area contributed by atoms with E-state index in [1.54, 1.807) is 0 Å². The maximum Gasteiger partial charge on any atom is 0.282 e. The average molecular weight is 346 g/mol. The Morgan fingerprint density at radius 2 is 1.67 bits per heavy atom. The van der Waals surface area contributed by atoms with Gasteiger partial charge in [-0.25, -0.2) is 0 Å². The molecule has 1 amide bonds. The summed E-state index contributed by atoms with van der Waals surface area (Å²) in [5, 5.41) is 3.83. The smallest absolute Gasteiger partial charge is 0.282 e. The lowest BCUT2D eigenvalue weighted by molar-refractivity contribution is -0.907. The summed E-state index contributed by atoms with van der Waals surface area (Å²) in [5.74, 6) is 0.0384. The summed E-state index contributed by atoms with van der Waals surface area (Å²) in [7, 11) is 2.04. The van der Waals surface area contributed by atoms with Gasteiger partial charge < -0.3 is 10.2 Å². The molecule has 24 heavy (non-hydrogen) atoms. The van der Waals surface area contributed by atoms with Crippen molar-refractivity contribution >= 4 is 23.2 Å². The van der Waals surface area contributed by atoms with Crippen molar-refractivity contribution in [1.29, 1.82) is 0 Å². The monoisotopic (exact) mass is 345 g/mol. The third-order valence-corrected chi connectivity index (χ3v) is 4.71. The van der Waals surface area contributed by atoms with Crippen molar-refractivity contribution in [3.8, 4) is 0 Å². The minimum atomic E-state index is -0.152. The van der Waals surface area contributed by atoms with Gasteiger partial charge >= 0.3 is 0 Å². The topological polar surface area (TPSA) is 33.5 Å². The van der Waals surface area contributed by atoms with Crippen LogP contribution in [0.25, 0.3) is 0 Å². The van der Waals surface area contributed by atoms with E-state index in [4.69, 9.17) is 11.6 Å². The van der Waals surface area contributed by atoms with Crippen LogP contribution in [0.2, 0.25) is 5.02 Å². The largest absolute Gasteiger partial charge is 0.324 e. The number of likely N-dealkylation sites (N-methyl/N-ethyl adjacent to an activating group) is 1. The van der Waals surface area contributed by atoms with Gasteiger partial charge in [-0.3, -0.25) is 4.79 Å². The highest BCUT2D eigenvalue weighted by atomic mass is 35.5. The molecule has 2 aromatic rings. The fourth-order valence-electron chi connectivity index (χ4n) is 2.91. The molecule has 4 heteroatoms. The highest BCUT2D eigenvalue weighted by molar-refractivity contribution is 6.30. The number of hydrogen-bond donors (Lipinski definition) is 2. The Balaban J connectivity index is 2.05. The fourth-order valence-corrected chi connectivity index (χ4v) is 3.04.